The van der Waals surface area contributed by atoms with Gasteiger partial charge in [-0.25, -0.2) is 0 Å². The van der Waals surface area contributed by atoms with E-state index >= 15 is 0 Å². The largest absolute Gasteiger partial charge is 0.425 e. The summed E-state index contributed by atoms with van der Waals surface area (Å²) in [4.78, 5) is -0.0373. The molecule has 0 radical (unpaired) electrons. The van der Waals surface area contributed by atoms with Crippen molar-refractivity contribution in [1.29, 1.82) is 0 Å². The van der Waals surface area contributed by atoms with E-state index < -0.39 is 11.1 Å². The second-order valence-electron chi connectivity index (χ2n) is 1.90. The maximum Gasteiger partial charge on any atom is 0.425 e. The highest BCUT2D eigenvalue weighted by Crippen LogP contribution is 2.34. The van der Waals surface area contributed by atoms with Crippen LogP contribution in [-0.2, 0) is 6.18 Å². The number of alkyl halides is 3. The van der Waals surface area contributed by atoms with E-state index in [-0.39, 0.29) is 0 Å². The number of hydrogen-bond donors (Lipinski definition) is 0. The van der Waals surface area contributed by atoms with E-state index in [1.165, 1.54) is 12.1 Å². The third-order valence-electron chi connectivity index (χ3n) is 1.11. The first kappa shape index (κ1) is 8.33. The van der Waals surface area contributed by atoms with Crippen LogP contribution in [-0.4, -0.2) is 0 Å². The smallest absolute Gasteiger partial charge is 0.165 e. The van der Waals surface area contributed by atoms with Crippen LogP contribution in [0.15, 0.2) is 18.7 Å². The Kier molecular flexibility index (Phi) is 2.04. The molecule has 1 rings (SSSR count). The van der Waals surface area contributed by atoms with E-state index in [2.05, 4.69) is 6.58 Å². The zero-order valence-electron chi connectivity index (χ0n) is 5.48. The maximum absolute atomic E-state index is 11.9. The molecule has 0 saturated carbocycles. The molecule has 0 aromatic carbocycles. The van der Waals surface area contributed by atoms with E-state index in [0.29, 0.717) is 16.2 Å². The van der Waals surface area contributed by atoms with Gasteiger partial charge in [0.25, 0.3) is 0 Å². The summed E-state index contributed by atoms with van der Waals surface area (Å²) >= 11 is 0.697. The number of hydrogen-bond acceptors (Lipinski definition) is 1. The molecular weight excluding hydrogens is 173 g/mol. The van der Waals surface area contributed by atoms with Crippen LogP contribution in [0.5, 0.6) is 0 Å². The van der Waals surface area contributed by atoms with Gasteiger partial charge in [-0.05, 0) is 12.1 Å². The Bertz CT molecular complexity index is 259. The average Bonchev–Trinajstić information content (AvgIpc) is 2.32. The van der Waals surface area contributed by atoms with Gasteiger partial charge < -0.3 is 0 Å². The van der Waals surface area contributed by atoms with Gasteiger partial charge in [-0.2, -0.15) is 13.2 Å². The molecular formula is C7H5F3S. The van der Waals surface area contributed by atoms with E-state index in [0.717, 1.165) is 6.07 Å². The first-order chi connectivity index (χ1) is 5.04. The molecule has 0 unspecified atom stereocenters. The summed E-state index contributed by atoms with van der Waals surface area (Å²) in [6, 6.07) is 2.46. The van der Waals surface area contributed by atoms with Crippen LogP contribution in [0.1, 0.15) is 9.75 Å². The van der Waals surface area contributed by atoms with Crippen LogP contribution in [0.3, 0.4) is 0 Å². The quantitative estimate of drug-likeness (QED) is 0.618. The fourth-order valence-electron chi connectivity index (χ4n) is 0.615. The molecule has 0 atom stereocenters. The minimum Gasteiger partial charge on any atom is -0.165 e. The lowest BCUT2D eigenvalue weighted by molar-refractivity contribution is -0.134. The second kappa shape index (κ2) is 2.70. The van der Waals surface area contributed by atoms with Gasteiger partial charge in [0.2, 0.25) is 0 Å². The maximum atomic E-state index is 11.9. The van der Waals surface area contributed by atoms with E-state index in [9.17, 15) is 13.2 Å². The van der Waals surface area contributed by atoms with Crippen LogP contribution < -0.4 is 0 Å². The minimum absolute atomic E-state index is 0.539. The predicted octanol–water partition coefficient (Wildman–Crippen LogP) is 3.41. The highest BCUT2D eigenvalue weighted by Gasteiger charge is 2.31. The van der Waals surface area contributed by atoms with Gasteiger partial charge in [0.1, 0.15) is 4.88 Å². The van der Waals surface area contributed by atoms with Crippen LogP contribution in [0.2, 0.25) is 0 Å². The molecule has 0 aliphatic heterocycles. The van der Waals surface area contributed by atoms with Crippen molar-refractivity contribution >= 4 is 17.4 Å². The zero-order chi connectivity index (χ0) is 8.48. The average molecular weight is 178 g/mol. The highest BCUT2D eigenvalue weighted by molar-refractivity contribution is 7.13. The van der Waals surface area contributed by atoms with Crippen molar-refractivity contribution in [3.63, 3.8) is 0 Å². The van der Waals surface area contributed by atoms with Crippen molar-refractivity contribution in [2.45, 2.75) is 6.18 Å². The van der Waals surface area contributed by atoms with Gasteiger partial charge in [-0.3, -0.25) is 0 Å². The van der Waals surface area contributed by atoms with Gasteiger partial charge in [-0.1, -0.05) is 12.7 Å². The van der Waals surface area contributed by atoms with E-state index in [4.69, 9.17) is 0 Å². The molecule has 0 saturated heterocycles. The van der Waals surface area contributed by atoms with E-state index in [1.54, 1.807) is 0 Å². The number of rotatable bonds is 1. The highest BCUT2D eigenvalue weighted by atomic mass is 32.1. The van der Waals surface area contributed by atoms with Crippen molar-refractivity contribution in [3.8, 4) is 0 Å². The molecule has 0 aliphatic carbocycles. The van der Waals surface area contributed by atoms with Crippen molar-refractivity contribution in [2.75, 3.05) is 0 Å². The normalized spacial score (nSPS) is 11.5. The fraction of sp³-hybridized carbons (Fsp3) is 0.143. The van der Waals surface area contributed by atoms with E-state index in [1.807, 2.05) is 0 Å². The molecule has 0 nitrogen and oxygen atoms in total. The monoisotopic (exact) mass is 178 g/mol. The zero-order valence-corrected chi connectivity index (χ0v) is 6.30. The Morgan fingerprint density at radius 1 is 1.36 bits per heavy atom. The molecule has 1 aromatic rings. The van der Waals surface area contributed by atoms with Crippen LogP contribution in [0.25, 0.3) is 6.08 Å². The molecule has 4 heteroatoms. The molecule has 11 heavy (non-hydrogen) atoms. The molecule has 1 aromatic heterocycles. The van der Waals surface area contributed by atoms with Gasteiger partial charge >= 0.3 is 6.18 Å². The molecule has 0 amide bonds. The summed E-state index contributed by atoms with van der Waals surface area (Å²) in [5.41, 5.74) is 0. The number of thiophene rings is 1. The first-order valence-electron chi connectivity index (χ1n) is 2.83. The molecule has 60 valence electrons. The predicted molar refractivity (Wildman–Crippen MR) is 39.4 cm³/mol. The third kappa shape index (κ3) is 1.83. The standard InChI is InChI=1S/C7H5F3S/c1-2-5-3-4-6(11-5)7(8,9)10/h2-4H,1H2. The molecule has 0 aliphatic rings. The van der Waals surface area contributed by atoms with Gasteiger partial charge in [-0.15, -0.1) is 11.3 Å². The Morgan fingerprint density at radius 2 is 2.00 bits per heavy atom. The fourth-order valence-corrected chi connectivity index (χ4v) is 1.34. The van der Waals surface area contributed by atoms with Crippen molar-refractivity contribution in [3.05, 3.63) is 28.5 Å². The first-order valence-corrected chi connectivity index (χ1v) is 3.65. The Morgan fingerprint density at radius 3 is 2.27 bits per heavy atom. The van der Waals surface area contributed by atoms with Crippen molar-refractivity contribution in [1.82, 2.24) is 0 Å². The Labute approximate surface area is 66.0 Å². The van der Waals surface area contributed by atoms with Crippen LogP contribution >= 0.6 is 11.3 Å². The molecule has 0 N–H and O–H groups in total. The summed E-state index contributed by atoms with van der Waals surface area (Å²) in [7, 11) is 0. The molecule has 0 bridgehead atoms. The summed E-state index contributed by atoms with van der Waals surface area (Å²) in [6.45, 7) is 3.37. The van der Waals surface area contributed by atoms with Crippen LogP contribution in [0, 0.1) is 0 Å². The van der Waals surface area contributed by atoms with Gasteiger partial charge in [0.05, 0.1) is 0 Å². The van der Waals surface area contributed by atoms with Crippen LogP contribution in [0.4, 0.5) is 13.2 Å². The number of halogens is 3. The summed E-state index contributed by atoms with van der Waals surface area (Å²) < 4.78 is 35.7. The lowest BCUT2D eigenvalue weighted by Gasteiger charge is -1.99. The Hall–Kier alpha value is -0.770. The second-order valence-corrected chi connectivity index (χ2v) is 3.02. The Balaban J connectivity index is 2.98. The molecule has 1 heterocycles. The molecule has 0 fully saturated rings. The van der Waals surface area contributed by atoms with Gasteiger partial charge in [0, 0.05) is 4.88 Å². The lowest BCUT2D eigenvalue weighted by Crippen LogP contribution is -2.00. The summed E-state index contributed by atoms with van der Waals surface area (Å²) in [5.74, 6) is 0. The van der Waals surface area contributed by atoms with Crippen molar-refractivity contribution < 1.29 is 13.2 Å². The van der Waals surface area contributed by atoms with Crippen molar-refractivity contribution in [2.24, 2.45) is 0 Å². The SMILES string of the molecule is C=Cc1ccc(C(F)(F)F)s1. The third-order valence-corrected chi connectivity index (χ3v) is 2.23. The topological polar surface area (TPSA) is 0 Å². The summed E-state index contributed by atoms with van der Waals surface area (Å²) in [6.07, 6.45) is -2.81. The summed E-state index contributed by atoms with van der Waals surface area (Å²) in [5, 5.41) is 0. The lowest BCUT2D eigenvalue weighted by atomic mass is 10.4. The minimum atomic E-state index is -4.22. The molecule has 0 spiro atoms. The van der Waals surface area contributed by atoms with Gasteiger partial charge in [0.15, 0.2) is 0 Å².